The molecular formula is C27H32N4O2. The van der Waals surface area contributed by atoms with Crippen LogP contribution in [-0.2, 0) is 17.6 Å². The fourth-order valence-corrected chi connectivity index (χ4v) is 4.40. The van der Waals surface area contributed by atoms with Gasteiger partial charge in [-0.3, -0.25) is 4.79 Å². The minimum Gasteiger partial charge on any atom is -0.373 e. The third-order valence-corrected chi connectivity index (χ3v) is 5.81. The van der Waals surface area contributed by atoms with E-state index in [-0.39, 0.29) is 17.8 Å². The maximum Gasteiger partial charge on any atom is 0.279 e. The second-order valence-corrected chi connectivity index (χ2v) is 8.92. The average molecular weight is 445 g/mol. The van der Waals surface area contributed by atoms with Gasteiger partial charge >= 0.3 is 0 Å². The number of benzene rings is 2. The predicted molar refractivity (Wildman–Crippen MR) is 133 cm³/mol. The molecule has 1 aliphatic rings. The van der Waals surface area contributed by atoms with E-state index < -0.39 is 0 Å². The van der Waals surface area contributed by atoms with Crippen molar-refractivity contribution in [1.82, 2.24) is 9.97 Å². The summed E-state index contributed by atoms with van der Waals surface area (Å²) in [4.78, 5) is 26.9. The molecule has 3 aromatic rings. The Morgan fingerprint density at radius 1 is 1.18 bits per heavy atom. The molecule has 6 nitrogen and oxygen atoms in total. The number of nitrogens with zero attached hydrogens (tertiary/aromatic N) is 3. The van der Waals surface area contributed by atoms with Gasteiger partial charge in [-0.1, -0.05) is 50.3 Å². The first-order valence-electron chi connectivity index (χ1n) is 11.6. The summed E-state index contributed by atoms with van der Waals surface area (Å²) >= 11 is 0. The highest BCUT2D eigenvalue weighted by Gasteiger charge is 2.27. The molecule has 1 aromatic heterocycles. The molecule has 6 heteroatoms. The monoisotopic (exact) mass is 444 g/mol. The summed E-state index contributed by atoms with van der Waals surface area (Å²) in [6.45, 7) is 12.8. The third-order valence-electron chi connectivity index (χ3n) is 5.81. The van der Waals surface area contributed by atoms with Gasteiger partial charge < -0.3 is 14.6 Å². The van der Waals surface area contributed by atoms with Gasteiger partial charge in [-0.2, -0.15) is 0 Å². The van der Waals surface area contributed by atoms with Crippen LogP contribution in [-0.4, -0.2) is 28.7 Å². The van der Waals surface area contributed by atoms with Crippen LogP contribution in [0.3, 0.4) is 0 Å². The van der Waals surface area contributed by atoms with Crippen LogP contribution >= 0.6 is 0 Å². The summed E-state index contributed by atoms with van der Waals surface area (Å²) in [5, 5.41) is 0.323. The van der Waals surface area contributed by atoms with E-state index in [0.717, 1.165) is 30.6 Å². The van der Waals surface area contributed by atoms with Crippen LogP contribution in [0, 0.1) is 6.92 Å². The Morgan fingerprint density at radius 3 is 2.64 bits per heavy atom. The Morgan fingerprint density at radius 2 is 1.94 bits per heavy atom. The number of aromatic amines is 1. The highest BCUT2D eigenvalue weighted by molar-refractivity contribution is 5.77. The van der Waals surface area contributed by atoms with Crippen molar-refractivity contribution in [3.05, 3.63) is 80.3 Å². The van der Waals surface area contributed by atoms with Crippen molar-refractivity contribution in [2.75, 3.05) is 11.4 Å². The van der Waals surface area contributed by atoms with Gasteiger partial charge in [0, 0.05) is 6.42 Å². The first kappa shape index (κ1) is 22.9. The number of aryl methyl sites for hydroxylation is 2. The quantitative estimate of drug-likeness (QED) is 0.572. The van der Waals surface area contributed by atoms with Crippen molar-refractivity contribution >= 4 is 23.8 Å². The van der Waals surface area contributed by atoms with Crippen LogP contribution < -0.4 is 21.3 Å². The highest BCUT2D eigenvalue weighted by atomic mass is 16.5. The Balaban J connectivity index is 1.83. The lowest BCUT2D eigenvalue weighted by molar-refractivity contribution is 0.0137. The van der Waals surface area contributed by atoms with Crippen LogP contribution in [0.15, 0.2) is 52.3 Å². The maximum absolute atomic E-state index is 12.8. The van der Waals surface area contributed by atoms with Gasteiger partial charge in [0.15, 0.2) is 11.2 Å². The minimum atomic E-state index is -0.275. The topological polar surface area (TPSA) is 70.6 Å². The summed E-state index contributed by atoms with van der Waals surface area (Å²) < 4.78 is 6.34. The number of rotatable bonds is 8. The first-order chi connectivity index (χ1) is 15.9. The zero-order chi connectivity index (χ0) is 23.5. The van der Waals surface area contributed by atoms with Crippen LogP contribution in [0.4, 0.5) is 17.2 Å². The van der Waals surface area contributed by atoms with Gasteiger partial charge in [0.1, 0.15) is 5.48 Å². The zero-order valence-electron chi connectivity index (χ0n) is 19.9. The van der Waals surface area contributed by atoms with Crippen LogP contribution in [0.5, 0.6) is 0 Å². The van der Waals surface area contributed by atoms with E-state index in [9.17, 15) is 4.79 Å². The molecule has 0 bridgehead atoms. The lowest BCUT2D eigenvalue weighted by atomic mass is 10.0. The Hall–Kier alpha value is -3.25. The van der Waals surface area contributed by atoms with E-state index in [1.807, 2.05) is 32.0 Å². The summed E-state index contributed by atoms with van der Waals surface area (Å²) in [5.41, 5.74) is 5.46. The molecule has 0 radical (unpaired) electrons. The van der Waals surface area contributed by atoms with E-state index in [2.05, 4.69) is 59.6 Å². The van der Waals surface area contributed by atoms with Gasteiger partial charge in [-0.05, 0) is 56.0 Å². The Labute approximate surface area is 194 Å². The molecule has 0 fully saturated rings. The molecule has 0 amide bonds. The second-order valence-electron chi connectivity index (χ2n) is 8.92. The number of ether oxygens (including phenoxy) is 1. The smallest absolute Gasteiger partial charge is 0.279 e. The molecule has 0 aliphatic carbocycles. The van der Waals surface area contributed by atoms with Crippen LogP contribution in [0.1, 0.15) is 43.9 Å². The lowest BCUT2D eigenvalue weighted by Gasteiger charge is -2.32. The molecule has 33 heavy (non-hydrogen) atoms. The average Bonchev–Trinajstić information content (AvgIpc) is 2.76. The molecule has 172 valence electrons. The van der Waals surface area contributed by atoms with Crippen molar-refractivity contribution < 1.29 is 4.74 Å². The van der Waals surface area contributed by atoms with Crippen molar-refractivity contribution in [3.8, 4) is 0 Å². The highest BCUT2D eigenvalue weighted by Crippen LogP contribution is 2.37. The fourth-order valence-electron chi connectivity index (χ4n) is 4.40. The lowest BCUT2D eigenvalue weighted by Crippen LogP contribution is -2.45. The van der Waals surface area contributed by atoms with E-state index in [4.69, 9.17) is 9.73 Å². The zero-order valence-corrected chi connectivity index (χ0v) is 19.9. The van der Waals surface area contributed by atoms with E-state index in [1.54, 1.807) is 0 Å². The van der Waals surface area contributed by atoms with E-state index in [1.165, 1.54) is 16.7 Å². The number of hydrogen-bond acceptors (Lipinski definition) is 5. The SMILES string of the molecule is C=c1nc2c(c(=O)[nH]1)=Nc1cc(CCC)c(C)cc1N2CC(Cc1ccccc1)OC(C)C. The van der Waals surface area contributed by atoms with Gasteiger partial charge in [0.2, 0.25) is 0 Å². The van der Waals surface area contributed by atoms with Crippen molar-refractivity contribution in [2.45, 2.75) is 59.2 Å². The Kier molecular flexibility index (Phi) is 6.75. The van der Waals surface area contributed by atoms with Crippen molar-refractivity contribution in [3.63, 3.8) is 0 Å². The molecule has 2 aromatic carbocycles. The predicted octanol–water partition coefficient (Wildman–Crippen LogP) is 3.88. The number of H-pyrrole nitrogens is 1. The molecule has 0 spiro atoms. The maximum atomic E-state index is 12.8. The molecule has 4 rings (SSSR count). The second kappa shape index (κ2) is 9.71. The van der Waals surface area contributed by atoms with Gasteiger partial charge in [0.25, 0.3) is 5.56 Å². The molecule has 1 unspecified atom stereocenters. The standard InChI is InChI=1S/C27H32N4O2/c1-6-10-21-15-23-24(13-18(21)4)31(26-25(30-23)27(32)29-19(5)28-26)16-22(33-17(2)3)14-20-11-8-7-9-12-20/h7-9,11-13,15,17,22H,5-6,10,14,16H2,1-4H3,(H,29,32). The number of hydrogen-bond donors (Lipinski definition) is 1. The first-order valence-corrected chi connectivity index (χ1v) is 11.6. The molecule has 0 saturated heterocycles. The number of anilines is 2. The van der Waals surface area contributed by atoms with E-state index >= 15 is 0 Å². The molecule has 1 aliphatic heterocycles. The Bertz CT molecular complexity index is 1300. The fraction of sp³-hybridized carbons (Fsp3) is 0.370. The summed E-state index contributed by atoms with van der Waals surface area (Å²) in [5.74, 6) is 0.532. The van der Waals surface area contributed by atoms with Crippen molar-refractivity contribution in [1.29, 1.82) is 0 Å². The van der Waals surface area contributed by atoms with Gasteiger partial charge in [-0.25, -0.2) is 9.98 Å². The number of nitrogens with one attached hydrogen (secondary N) is 1. The molecule has 1 atom stereocenters. The third kappa shape index (κ3) is 5.06. The molecule has 1 N–H and O–H groups in total. The normalized spacial score (nSPS) is 13.4. The molecule has 2 heterocycles. The van der Waals surface area contributed by atoms with Gasteiger partial charge in [-0.15, -0.1) is 0 Å². The summed E-state index contributed by atoms with van der Waals surface area (Å²) in [7, 11) is 0. The van der Waals surface area contributed by atoms with Gasteiger partial charge in [0.05, 0.1) is 30.1 Å². The number of aromatic nitrogens is 2. The summed E-state index contributed by atoms with van der Waals surface area (Å²) in [6, 6.07) is 14.6. The van der Waals surface area contributed by atoms with Crippen molar-refractivity contribution in [2.24, 2.45) is 4.99 Å². The van der Waals surface area contributed by atoms with Crippen LogP contribution in [0.25, 0.3) is 6.58 Å². The van der Waals surface area contributed by atoms with E-state index in [0.29, 0.717) is 23.2 Å². The molecular weight excluding hydrogens is 412 g/mol. The van der Waals surface area contributed by atoms with Crippen LogP contribution in [0.2, 0.25) is 0 Å². The largest absolute Gasteiger partial charge is 0.373 e. The molecule has 0 saturated carbocycles. The number of fused-ring (bicyclic) bond motifs is 2. The minimum absolute atomic E-state index is 0.0661. The summed E-state index contributed by atoms with van der Waals surface area (Å²) in [6.07, 6.45) is 2.74.